The lowest BCUT2D eigenvalue weighted by Gasteiger charge is -2.12. The van der Waals surface area contributed by atoms with Crippen molar-refractivity contribution in [3.05, 3.63) is 52.5 Å². The number of para-hydroxylation sites is 1. The number of halogens is 1. The maximum Gasteiger partial charge on any atom is 0.231 e. The fraction of sp³-hybridized carbons (Fsp3) is 0.250. The van der Waals surface area contributed by atoms with Crippen LogP contribution in [0, 0.1) is 0 Å². The SMILES string of the molecule is COCc1ccccc1NCc1cc(Cl)c2c(c1)OCO2. The van der Waals surface area contributed by atoms with Crippen LogP contribution >= 0.6 is 11.6 Å². The van der Waals surface area contributed by atoms with Gasteiger partial charge in [0, 0.05) is 24.9 Å². The lowest BCUT2D eigenvalue weighted by Crippen LogP contribution is -2.03. The van der Waals surface area contributed by atoms with Crippen LogP contribution in [0.2, 0.25) is 5.02 Å². The molecule has 2 aromatic rings. The molecule has 0 amide bonds. The van der Waals surface area contributed by atoms with Gasteiger partial charge in [0.25, 0.3) is 0 Å². The second-order valence-corrected chi connectivity index (χ2v) is 5.16. The highest BCUT2D eigenvalue weighted by atomic mass is 35.5. The Bertz CT molecular complexity index is 645. The summed E-state index contributed by atoms with van der Waals surface area (Å²) in [6.07, 6.45) is 0. The minimum atomic E-state index is 0.225. The Kier molecular flexibility index (Phi) is 4.18. The minimum absolute atomic E-state index is 0.225. The molecule has 0 fully saturated rings. The molecule has 0 aliphatic carbocycles. The largest absolute Gasteiger partial charge is 0.454 e. The van der Waals surface area contributed by atoms with E-state index in [0.717, 1.165) is 16.8 Å². The van der Waals surface area contributed by atoms with Gasteiger partial charge in [0.15, 0.2) is 11.5 Å². The summed E-state index contributed by atoms with van der Waals surface area (Å²) in [4.78, 5) is 0. The van der Waals surface area contributed by atoms with Crippen LogP contribution < -0.4 is 14.8 Å². The molecule has 5 heteroatoms. The van der Waals surface area contributed by atoms with Crippen molar-refractivity contribution in [1.29, 1.82) is 0 Å². The van der Waals surface area contributed by atoms with Crippen molar-refractivity contribution < 1.29 is 14.2 Å². The van der Waals surface area contributed by atoms with Crippen molar-refractivity contribution in [2.75, 3.05) is 19.2 Å². The van der Waals surface area contributed by atoms with Gasteiger partial charge in [0.05, 0.1) is 11.6 Å². The molecular weight excluding hydrogens is 290 g/mol. The number of nitrogens with one attached hydrogen (secondary N) is 1. The zero-order valence-electron chi connectivity index (χ0n) is 11.7. The summed E-state index contributed by atoms with van der Waals surface area (Å²) < 4.78 is 15.9. The van der Waals surface area contributed by atoms with Crippen molar-refractivity contribution in [2.24, 2.45) is 0 Å². The third-order valence-electron chi connectivity index (χ3n) is 3.29. The molecule has 1 aliphatic rings. The maximum atomic E-state index is 6.18. The summed E-state index contributed by atoms with van der Waals surface area (Å²) in [6, 6.07) is 11.9. The normalized spacial score (nSPS) is 12.5. The van der Waals surface area contributed by atoms with Gasteiger partial charge < -0.3 is 19.5 Å². The van der Waals surface area contributed by atoms with Crippen molar-refractivity contribution in [2.45, 2.75) is 13.2 Å². The standard InChI is InChI=1S/C16H16ClNO3/c1-19-9-12-4-2-3-5-14(12)18-8-11-6-13(17)16-15(7-11)20-10-21-16/h2-7,18H,8-10H2,1H3. The van der Waals surface area contributed by atoms with Crippen LogP contribution in [0.1, 0.15) is 11.1 Å². The van der Waals surface area contributed by atoms with Crippen LogP contribution in [0.4, 0.5) is 5.69 Å². The number of methoxy groups -OCH3 is 1. The van der Waals surface area contributed by atoms with Gasteiger partial charge in [0.1, 0.15) is 0 Å². The molecule has 1 heterocycles. The van der Waals surface area contributed by atoms with Gasteiger partial charge in [-0.05, 0) is 23.8 Å². The van der Waals surface area contributed by atoms with E-state index in [4.69, 9.17) is 25.8 Å². The molecule has 0 saturated heterocycles. The molecular formula is C16H16ClNO3. The highest BCUT2D eigenvalue weighted by Crippen LogP contribution is 2.39. The lowest BCUT2D eigenvalue weighted by molar-refractivity contribution is 0.174. The van der Waals surface area contributed by atoms with Gasteiger partial charge in [-0.15, -0.1) is 0 Å². The Morgan fingerprint density at radius 2 is 2.10 bits per heavy atom. The summed E-state index contributed by atoms with van der Waals surface area (Å²) in [6.45, 7) is 1.45. The van der Waals surface area contributed by atoms with Gasteiger partial charge in [-0.3, -0.25) is 0 Å². The molecule has 0 bridgehead atoms. The van der Waals surface area contributed by atoms with Gasteiger partial charge in [-0.25, -0.2) is 0 Å². The summed E-state index contributed by atoms with van der Waals surface area (Å²) >= 11 is 6.18. The van der Waals surface area contributed by atoms with Crippen LogP contribution in [0.3, 0.4) is 0 Å². The Labute approximate surface area is 128 Å². The summed E-state index contributed by atoms with van der Waals surface area (Å²) in [5.74, 6) is 1.32. The van der Waals surface area contributed by atoms with E-state index in [9.17, 15) is 0 Å². The van der Waals surface area contributed by atoms with E-state index in [1.807, 2.05) is 36.4 Å². The molecule has 0 atom stereocenters. The van der Waals surface area contributed by atoms with Crippen LogP contribution in [-0.4, -0.2) is 13.9 Å². The molecule has 110 valence electrons. The number of anilines is 1. The van der Waals surface area contributed by atoms with E-state index < -0.39 is 0 Å². The second kappa shape index (κ2) is 6.24. The molecule has 21 heavy (non-hydrogen) atoms. The highest BCUT2D eigenvalue weighted by Gasteiger charge is 2.18. The average molecular weight is 306 g/mol. The Balaban J connectivity index is 1.75. The molecule has 1 N–H and O–H groups in total. The van der Waals surface area contributed by atoms with E-state index in [2.05, 4.69) is 5.32 Å². The van der Waals surface area contributed by atoms with Gasteiger partial charge >= 0.3 is 0 Å². The molecule has 4 nitrogen and oxygen atoms in total. The molecule has 0 saturated carbocycles. The third-order valence-corrected chi connectivity index (χ3v) is 3.57. The maximum absolute atomic E-state index is 6.18. The molecule has 0 unspecified atom stereocenters. The van der Waals surface area contributed by atoms with E-state index in [1.165, 1.54) is 0 Å². The number of benzene rings is 2. The minimum Gasteiger partial charge on any atom is -0.454 e. The topological polar surface area (TPSA) is 39.7 Å². The zero-order valence-corrected chi connectivity index (χ0v) is 12.4. The first kappa shape index (κ1) is 14.0. The molecule has 2 aromatic carbocycles. The van der Waals surface area contributed by atoms with Crippen LogP contribution in [0.25, 0.3) is 0 Å². The van der Waals surface area contributed by atoms with E-state index in [0.29, 0.717) is 29.7 Å². The van der Waals surface area contributed by atoms with E-state index in [1.54, 1.807) is 7.11 Å². The Morgan fingerprint density at radius 1 is 1.24 bits per heavy atom. The molecule has 3 rings (SSSR count). The quantitative estimate of drug-likeness (QED) is 0.911. The molecule has 0 spiro atoms. The van der Waals surface area contributed by atoms with Crippen molar-refractivity contribution >= 4 is 17.3 Å². The first-order valence-electron chi connectivity index (χ1n) is 6.66. The Hall–Kier alpha value is -1.91. The lowest BCUT2D eigenvalue weighted by atomic mass is 10.1. The first-order valence-corrected chi connectivity index (χ1v) is 7.04. The van der Waals surface area contributed by atoms with Crippen molar-refractivity contribution in [3.63, 3.8) is 0 Å². The molecule has 0 radical (unpaired) electrons. The van der Waals surface area contributed by atoms with Gasteiger partial charge in [-0.1, -0.05) is 29.8 Å². The highest BCUT2D eigenvalue weighted by molar-refractivity contribution is 6.32. The number of rotatable bonds is 5. The predicted octanol–water partition coefficient (Wildman–Crippen LogP) is 3.83. The summed E-state index contributed by atoms with van der Waals surface area (Å²) in [5.41, 5.74) is 3.21. The third kappa shape index (κ3) is 3.06. The second-order valence-electron chi connectivity index (χ2n) is 4.76. The zero-order chi connectivity index (χ0) is 14.7. The smallest absolute Gasteiger partial charge is 0.231 e. The number of ether oxygens (including phenoxy) is 3. The van der Waals surface area contributed by atoms with Gasteiger partial charge in [-0.2, -0.15) is 0 Å². The van der Waals surface area contributed by atoms with Crippen LogP contribution in [0.5, 0.6) is 11.5 Å². The number of fused-ring (bicyclic) bond motifs is 1. The van der Waals surface area contributed by atoms with Crippen molar-refractivity contribution in [1.82, 2.24) is 0 Å². The molecule has 1 aliphatic heterocycles. The van der Waals surface area contributed by atoms with Gasteiger partial charge in [0.2, 0.25) is 6.79 Å². The van der Waals surface area contributed by atoms with Crippen LogP contribution in [0.15, 0.2) is 36.4 Å². The van der Waals surface area contributed by atoms with Crippen LogP contribution in [-0.2, 0) is 17.9 Å². The number of hydrogen-bond donors (Lipinski definition) is 1. The fourth-order valence-corrected chi connectivity index (χ4v) is 2.58. The number of hydrogen-bond acceptors (Lipinski definition) is 4. The summed E-state index contributed by atoms with van der Waals surface area (Å²) in [5, 5.41) is 3.97. The predicted molar refractivity (Wildman–Crippen MR) is 82.1 cm³/mol. The van der Waals surface area contributed by atoms with Crippen molar-refractivity contribution in [3.8, 4) is 11.5 Å². The van der Waals surface area contributed by atoms with E-state index >= 15 is 0 Å². The Morgan fingerprint density at radius 3 is 2.95 bits per heavy atom. The fourth-order valence-electron chi connectivity index (χ4n) is 2.29. The average Bonchev–Trinajstić information content (AvgIpc) is 2.96. The summed E-state index contributed by atoms with van der Waals surface area (Å²) in [7, 11) is 1.69. The van der Waals surface area contributed by atoms with E-state index in [-0.39, 0.29) is 6.79 Å². The monoisotopic (exact) mass is 305 g/mol. The first-order chi connectivity index (χ1) is 10.3. The molecule has 0 aromatic heterocycles.